The number of hydrogen-bond donors (Lipinski definition) is 1. The van der Waals surface area contributed by atoms with E-state index in [2.05, 4.69) is 27.3 Å². The Morgan fingerprint density at radius 1 is 1.38 bits per heavy atom. The van der Waals surface area contributed by atoms with Crippen molar-refractivity contribution in [1.82, 2.24) is 0 Å². The highest BCUT2D eigenvalue weighted by atomic mass is 79.9. The molecule has 13 heavy (non-hydrogen) atoms. The first kappa shape index (κ1) is 11.2. The molecule has 1 aromatic carbocycles. The minimum absolute atomic E-state index is 0. The molecule has 0 spiro atoms. The lowest BCUT2D eigenvalue weighted by atomic mass is 10.0. The van der Waals surface area contributed by atoms with E-state index in [1.165, 1.54) is 17.7 Å². The van der Waals surface area contributed by atoms with Gasteiger partial charge in [-0.05, 0) is 40.4 Å². The Hall–Kier alpha value is 0.0800. The molecule has 2 rings (SSSR count). The van der Waals surface area contributed by atoms with Crippen molar-refractivity contribution in [2.75, 3.05) is 11.9 Å². The van der Waals surface area contributed by atoms with Crippen molar-refractivity contribution in [3.63, 3.8) is 0 Å². The number of fused-ring (bicyclic) bond motifs is 1. The van der Waals surface area contributed by atoms with E-state index in [4.69, 9.17) is 11.6 Å². The summed E-state index contributed by atoms with van der Waals surface area (Å²) in [6, 6.07) is 4.03. The molecule has 0 amide bonds. The predicted octanol–water partition coefficient (Wildman–Crippen LogP) is 3.88. The van der Waals surface area contributed by atoms with Crippen LogP contribution < -0.4 is 5.32 Å². The monoisotopic (exact) mass is 281 g/mol. The molecular formula is C9H10BrCl2N. The average molecular weight is 283 g/mol. The fourth-order valence-electron chi connectivity index (χ4n) is 1.48. The van der Waals surface area contributed by atoms with Gasteiger partial charge in [0.1, 0.15) is 0 Å². The van der Waals surface area contributed by atoms with Crippen molar-refractivity contribution < 1.29 is 0 Å². The van der Waals surface area contributed by atoms with Gasteiger partial charge in [0.2, 0.25) is 0 Å². The minimum atomic E-state index is 0. The molecule has 1 aliphatic heterocycles. The van der Waals surface area contributed by atoms with Gasteiger partial charge in [-0.15, -0.1) is 12.4 Å². The van der Waals surface area contributed by atoms with E-state index in [0.717, 1.165) is 22.5 Å². The van der Waals surface area contributed by atoms with Crippen LogP contribution in [0.1, 0.15) is 12.0 Å². The van der Waals surface area contributed by atoms with E-state index in [9.17, 15) is 0 Å². The highest BCUT2D eigenvalue weighted by molar-refractivity contribution is 9.10. The van der Waals surface area contributed by atoms with Crippen LogP contribution in [-0.2, 0) is 6.42 Å². The van der Waals surface area contributed by atoms with Gasteiger partial charge >= 0.3 is 0 Å². The van der Waals surface area contributed by atoms with E-state index in [1.54, 1.807) is 0 Å². The fraction of sp³-hybridized carbons (Fsp3) is 0.333. The molecule has 0 unspecified atom stereocenters. The Morgan fingerprint density at radius 2 is 2.15 bits per heavy atom. The Labute approximate surface area is 97.4 Å². The Kier molecular flexibility index (Phi) is 3.89. The van der Waals surface area contributed by atoms with Gasteiger partial charge in [-0.3, -0.25) is 0 Å². The molecule has 1 aromatic rings. The van der Waals surface area contributed by atoms with Crippen LogP contribution in [0.3, 0.4) is 0 Å². The normalized spacial score (nSPS) is 14.0. The Bertz CT molecular complexity index is 315. The second-order valence-corrected chi connectivity index (χ2v) is 4.13. The van der Waals surface area contributed by atoms with Gasteiger partial charge in [0.25, 0.3) is 0 Å². The summed E-state index contributed by atoms with van der Waals surface area (Å²) in [6.45, 7) is 1.05. The van der Waals surface area contributed by atoms with E-state index in [-0.39, 0.29) is 12.4 Å². The second-order valence-electron chi connectivity index (χ2n) is 2.93. The van der Waals surface area contributed by atoms with Gasteiger partial charge in [-0.2, -0.15) is 0 Å². The molecular weight excluding hydrogens is 273 g/mol. The molecule has 0 saturated carbocycles. The third-order valence-corrected chi connectivity index (χ3v) is 3.47. The van der Waals surface area contributed by atoms with Crippen LogP contribution in [0.25, 0.3) is 0 Å². The van der Waals surface area contributed by atoms with E-state index < -0.39 is 0 Å². The maximum atomic E-state index is 5.96. The lowest BCUT2D eigenvalue weighted by molar-refractivity contribution is 0.829. The molecule has 0 atom stereocenters. The first-order valence-electron chi connectivity index (χ1n) is 4.00. The molecule has 1 nitrogen and oxygen atoms in total. The predicted molar refractivity (Wildman–Crippen MR) is 63.2 cm³/mol. The van der Waals surface area contributed by atoms with Crippen molar-refractivity contribution in [2.45, 2.75) is 12.8 Å². The molecule has 0 saturated heterocycles. The van der Waals surface area contributed by atoms with Gasteiger partial charge < -0.3 is 5.32 Å². The quantitative estimate of drug-likeness (QED) is 0.761. The van der Waals surface area contributed by atoms with Crippen molar-refractivity contribution in [1.29, 1.82) is 0 Å². The molecule has 0 fully saturated rings. The smallest absolute Gasteiger partial charge is 0.0596 e. The number of rotatable bonds is 0. The van der Waals surface area contributed by atoms with E-state index in [1.807, 2.05) is 6.07 Å². The van der Waals surface area contributed by atoms with Gasteiger partial charge in [-0.1, -0.05) is 17.7 Å². The highest BCUT2D eigenvalue weighted by Gasteiger charge is 2.12. The van der Waals surface area contributed by atoms with Crippen LogP contribution in [0, 0.1) is 0 Å². The summed E-state index contributed by atoms with van der Waals surface area (Å²) < 4.78 is 1.00. The summed E-state index contributed by atoms with van der Waals surface area (Å²) in [7, 11) is 0. The SMILES string of the molecule is Cl.Clc1ccc2c(c1Br)NCCC2. The summed E-state index contributed by atoms with van der Waals surface area (Å²) in [5, 5.41) is 4.12. The first-order valence-corrected chi connectivity index (χ1v) is 5.17. The number of nitrogens with one attached hydrogen (secondary N) is 1. The van der Waals surface area contributed by atoms with Crippen molar-refractivity contribution >= 4 is 45.6 Å². The highest BCUT2D eigenvalue weighted by Crippen LogP contribution is 2.35. The van der Waals surface area contributed by atoms with Crippen molar-refractivity contribution in [3.05, 3.63) is 27.2 Å². The summed E-state index contributed by atoms with van der Waals surface area (Å²) >= 11 is 9.43. The number of halogens is 3. The number of anilines is 1. The molecule has 72 valence electrons. The largest absolute Gasteiger partial charge is 0.384 e. The van der Waals surface area contributed by atoms with Crippen LogP contribution in [0.5, 0.6) is 0 Å². The van der Waals surface area contributed by atoms with Crippen LogP contribution in [0.4, 0.5) is 5.69 Å². The summed E-state index contributed by atoms with van der Waals surface area (Å²) in [5.41, 5.74) is 2.53. The zero-order chi connectivity index (χ0) is 8.55. The molecule has 1 N–H and O–H groups in total. The van der Waals surface area contributed by atoms with Gasteiger partial charge in [-0.25, -0.2) is 0 Å². The lowest BCUT2D eigenvalue weighted by Gasteiger charge is -2.19. The van der Waals surface area contributed by atoms with Gasteiger partial charge in [0, 0.05) is 6.54 Å². The average Bonchev–Trinajstić information content (AvgIpc) is 2.12. The zero-order valence-corrected chi connectivity index (χ0v) is 10.1. The van der Waals surface area contributed by atoms with Gasteiger partial charge in [0.05, 0.1) is 15.2 Å². The summed E-state index contributed by atoms with van der Waals surface area (Å²) in [6.07, 6.45) is 2.36. The van der Waals surface area contributed by atoms with Gasteiger partial charge in [0.15, 0.2) is 0 Å². The third kappa shape index (κ3) is 2.12. The maximum absolute atomic E-state index is 5.96. The molecule has 0 aliphatic carbocycles. The Morgan fingerprint density at radius 3 is 2.92 bits per heavy atom. The van der Waals surface area contributed by atoms with E-state index >= 15 is 0 Å². The fourth-order valence-corrected chi connectivity index (χ4v) is 2.17. The molecule has 0 aromatic heterocycles. The minimum Gasteiger partial charge on any atom is -0.384 e. The van der Waals surface area contributed by atoms with Crippen LogP contribution in [-0.4, -0.2) is 6.54 Å². The van der Waals surface area contributed by atoms with Crippen LogP contribution in [0.2, 0.25) is 5.02 Å². The Balaban J connectivity index is 0.000000845. The molecule has 0 radical (unpaired) electrons. The molecule has 4 heteroatoms. The number of benzene rings is 1. The topological polar surface area (TPSA) is 12.0 Å². The third-order valence-electron chi connectivity index (χ3n) is 2.11. The second kappa shape index (κ2) is 4.54. The molecule has 1 heterocycles. The maximum Gasteiger partial charge on any atom is 0.0596 e. The van der Waals surface area contributed by atoms with Crippen molar-refractivity contribution in [2.24, 2.45) is 0 Å². The van der Waals surface area contributed by atoms with E-state index in [0.29, 0.717) is 0 Å². The first-order chi connectivity index (χ1) is 5.79. The number of aryl methyl sites for hydroxylation is 1. The zero-order valence-electron chi connectivity index (χ0n) is 6.94. The van der Waals surface area contributed by atoms with Crippen LogP contribution >= 0.6 is 39.9 Å². The summed E-state index contributed by atoms with van der Waals surface area (Å²) in [4.78, 5) is 0. The summed E-state index contributed by atoms with van der Waals surface area (Å²) in [5.74, 6) is 0. The molecule has 0 bridgehead atoms. The molecule has 1 aliphatic rings. The number of hydrogen-bond acceptors (Lipinski definition) is 1. The van der Waals surface area contributed by atoms with Crippen molar-refractivity contribution in [3.8, 4) is 0 Å². The standard InChI is InChI=1S/C9H9BrClN.ClH/c10-8-7(11)4-3-6-2-1-5-12-9(6)8;/h3-4,12H,1-2,5H2;1H. The lowest BCUT2D eigenvalue weighted by Crippen LogP contribution is -2.12. The van der Waals surface area contributed by atoms with Crippen LogP contribution in [0.15, 0.2) is 16.6 Å².